The van der Waals surface area contributed by atoms with Gasteiger partial charge in [0.1, 0.15) is 10.5 Å². The van der Waals surface area contributed by atoms with Crippen molar-refractivity contribution in [2.45, 2.75) is 10.5 Å². The van der Waals surface area contributed by atoms with E-state index >= 15 is 8.42 Å². The van der Waals surface area contributed by atoms with Gasteiger partial charge in [-0.15, -0.1) is 0 Å². The molecule has 0 amide bonds. The van der Waals surface area contributed by atoms with Crippen molar-refractivity contribution < 1.29 is 65.6 Å². The Morgan fingerprint density at radius 3 is 0.949 bits per heavy atom. The number of nitrogens with zero attached hydrogens (tertiary/aromatic N) is 2. The molecule has 19 heteroatoms. The molecule has 0 saturated heterocycles. The van der Waals surface area contributed by atoms with E-state index in [0.717, 1.165) is 12.1 Å². The minimum Gasteiger partial charge on any atom is -0.493 e. The molecule has 4 aromatic rings. The third kappa shape index (κ3) is 9.30. The third-order valence-electron chi connectivity index (χ3n) is 9.08. The Morgan fingerprint density at radius 1 is 0.441 bits per heavy atom. The van der Waals surface area contributed by atoms with Gasteiger partial charge in [0.05, 0.1) is 104 Å². The van der Waals surface area contributed by atoms with Gasteiger partial charge in [-0.3, -0.25) is 20.2 Å². The molecule has 0 aliphatic carbocycles. The van der Waals surface area contributed by atoms with E-state index in [1.165, 1.54) is 132 Å². The summed E-state index contributed by atoms with van der Waals surface area (Å²) in [7, 11) is 8.53. The van der Waals surface area contributed by atoms with E-state index in [0.29, 0.717) is 11.1 Å². The summed E-state index contributed by atoms with van der Waals surface area (Å²) >= 11 is 0. The number of sulfone groups is 1. The molecule has 0 radical (unpaired) electrons. The van der Waals surface area contributed by atoms with Crippen molar-refractivity contribution in [3.63, 3.8) is 0 Å². The van der Waals surface area contributed by atoms with Gasteiger partial charge in [-0.2, -0.15) is 0 Å². The average molecular weight is 841 g/mol. The van der Waals surface area contributed by atoms with Crippen LogP contribution in [0.15, 0.2) is 60.7 Å². The summed E-state index contributed by atoms with van der Waals surface area (Å²) in [5.74, 6) is 1.26. The van der Waals surface area contributed by atoms with Gasteiger partial charge in [0.15, 0.2) is 55.8 Å². The van der Waals surface area contributed by atoms with Crippen LogP contribution < -0.4 is 47.4 Å². The zero-order valence-electron chi connectivity index (χ0n) is 33.9. The molecule has 0 aliphatic rings. The lowest BCUT2D eigenvalue weighted by atomic mass is 10.1. The summed E-state index contributed by atoms with van der Waals surface area (Å²) in [6.07, 6.45) is 5.18. The lowest BCUT2D eigenvalue weighted by Crippen LogP contribution is -2.21. The normalized spacial score (nSPS) is 12.4. The van der Waals surface area contributed by atoms with Crippen LogP contribution >= 0.6 is 0 Å². The Morgan fingerprint density at radius 2 is 0.712 bits per heavy atom. The fourth-order valence-corrected chi connectivity index (χ4v) is 8.27. The molecule has 59 heavy (non-hydrogen) atoms. The van der Waals surface area contributed by atoms with Crippen LogP contribution in [0.1, 0.15) is 32.8 Å². The molecule has 0 spiro atoms. The van der Waals surface area contributed by atoms with Crippen LogP contribution in [0.25, 0.3) is 12.2 Å². The standard InChI is InChI=1S/C40H44N2O16S/c1-49-29-19-25(27(41(43)44)21-31(29)51-3)37(13-11-23-15-33(53-5)39(57-9)34(16-23)54-6)59(47,48)38(26-20-30(50-2)32(52-4)22-28(26)42(45)46)14-12-24-17-35(55-7)40(58-10)36(18-24)56-8/h11-22,37-38H,1-10H3. The van der Waals surface area contributed by atoms with Gasteiger partial charge in [0, 0.05) is 0 Å². The second-order valence-corrected chi connectivity index (χ2v) is 14.3. The quantitative estimate of drug-likeness (QED) is 0.0635. The number of ether oxygens (including phenoxy) is 10. The summed E-state index contributed by atoms with van der Waals surface area (Å²) in [6, 6.07) is 10.5. The van der Waals surface area contributed by atoms with Crippen molar-refractivity contribution in [2.75, 3.05) is 71.1 Å². The van der Waals surface area contributed by atoms with Crippen molar-refractivity contribution >= 4 is 33.4 Å². The molecule has 316 valence electrons. The minimum atomic E-state index is -4.95. The molecule has 2 atom stereocenters. The number of methoxy groups -OCH3 is 10. The second kappa shape index (κ2) is 19.5. The first-order valence-corrected chi connectivity index (χ1v) is 18.8. The summed E-state index contributed by atoms with van der Waals surface area (Å²) in [6.45, 7) is 0. The van der Waals surface area contributed by atoms with E-state index in [2.05, 4.69) is 0 Å². The maximum Gasteiger partial charge on any atom is 0.278 e. The SMILES string of the molecule is COc1cc(C(C=Cc2cc(OC)c(OC)c(OC)c2)S(=O)(=O)C(C=Cc2cc(OC)c(OC)c(OC)c2)c2cc(OC)c(OC)cc2[N+](=O)[O-])c([N+](=O)[O-])cc1OC. The number of rotatable bonds is 20. The molecular formula is C40H44N2O16S. The van der Waals surface area contributed by atoms with Crippen LogP contribution in [0.3, 0.4) is 0 Å². The monoisotopic (exact) mass is 840 g/mol. The topological polar surface area (TPSA) is 213 Å². The van der Waals surface area contributed by atoms with E-state index < -0.39 is 41.6 Å². The minimum absolute atomic E-state index is 0.0314. The molecule has 0 aromatic heterocycles. The Bertz CT molecular complexity index is 2150. The molecule has 18 nitrogen and oxygen atoms in total. The summed E-state index contributed by atoms with van der Waals surface area (Å²) in [4.78, 5) is 23.9. The lowest BCUT2D eigenvalue weighted by molar-refractivity contribution is -0.385. The molecule has 4 aromatic carbocycles. The molecule has 0 saturated carbocycles. The van der Waals surface area contributed by atoms with Crippen LogP contribution in [0.2, 0.25) is 0 Å². The van der Waals surface area contributed by atoms with E-state index in [9.17, 15) is 20.2 Å². The molecule has 4 rings (SSSR count). The van der Waals surface area contributed by atoms with Gasteiger partial charge < -0.3 is 47.4 Å². The van der Waals surface area contributed by atoms with Gasteiger partial charge in [0.2, 0.25) is 11.5 Å². The van der Waals surface area contributed by atoms with Gasteiger partial charge in [-0.25, -0.2) is 8.42 Å². The predicted molar refractivity (Wildman–Crippen MR) is 217 cm³/mol. The summed E-state index contributed by atoms with van der Waals surface area (Å²) < 4.78 is 85.5. The van der Waals surface area contributed by atoms with E-state index in [-0.39, 0.29) is 68.6 Å². The first-order valence-electron chi connectivity index (χ1n) is 17.2. The highest BCUT2D eigenvalue weighted by Crippen LogP contribution is 2.48. The first kappa shape index (κ1) is 44.8. The van der Waals surface area contributed by atoms with Gasteiger partial charge >= 0.3 is 0 Å². The van der Waals surface area contributed by atoms with Gasteiger partial charge in [-0.1, -0.05) is 24.3 Å². The van der Waals surface area contributed by atoms with Crippen molar-refractivity contribution in [2.24, 2.45) is 0 Å². The second-order valence-electron chi connectivity index (χ2n) is 12.1. The lowest BCUT2D eigenvalue weighted by Gasteiger charge is -2.23. The molecule has 0 bridgehead atoms. The number of benzene rings is 4. The molecular weight excluding hydrogens is 797 g/mol. The van der Waals surface area contributed by atoms with E-state index in [4.69, 9.17) is 47.4 Å². The van der Waals surface area contributed by atoms with Crippen LogP contribution in [0, 0.1) is 20.2 Å². The van der Waals surface area contributed by atoms with Gasteiger partial charge in [-0.05, 0) is 47.5 Å². The van der Waals surface area contributed by atoms with Crippen LogP contribution in [-0.4, -0.2) is 89.4 Å². The average Bonchev–Trinajstić information content (AvgIpc) is 3.24. The van der Waals surface area contributed by atoms with Crippen LogP contribution in [-0.2, 0) is 9.84 Å². The molecule has 0 fully saturated rings. The first-order chi connectivity index (χ1) is 28.2. The number of hydrogen-bond acceptors (Lipinski definition) is 16. The largest absolute Gasteiger partial charge is 0.493 e. The fraction of sp³-hybridized carbons (Fsp3) is 0.300. The zero-order chi connectivity index (χ0) is 43.6. The van der Waals surface area contributed by atoms with E-state index in [1.807, 2.05) is 0 Å². The molecule has 0 aliphatic heterocycles. The number of nitro groups is 2. The Balaban J connectivity index is 2.17. The number of hydrogen-bond donors (Lipinski definition) is 0. The third-order valence-corrected chi connectivity index (χ3v) is 11.3. The molecule has 0 N–H and O–H groups in total. The van der Waals surface area contributed by atoms with Crippen LogP contribution in [0.5, 0.6) is 57.5 Å². The smallest absolute Gasteiger partial charge is 0.278 e. The maximum atomic E-state index is 15.6. The summed E-state index contributed by atoms with van der Waals surface area (Å²) in [5.41, 5.74) is -1.34. The Labute approximate surface area is 340 Å². The fourth-order valence-electron chi connectivity index (χ4n) is 6.27. The molecule has 0 heterocycles. The van der Waals surface area contributed by atoms with Crippen LogP contribution in [0.4, 0.5) is 11.4 Å². The van der Waals surface area contributed by atoms with Crippen molar-refractivity contribution in [1.29, 1.82) is 0 Å². The van der Waals surface area contributed by atoms with Crippen molar-refractivity contribution in [1.82, 2.24) is 0 Å². The predicted octanol–water partition coefficient (Wildman–Crippen LogP) is 7.21. The number of nitro benzene ring substituents is 2. The summed E-state index contributed by atoms with van der Waals surface area (Å²) in [5, 5.41) is 21.6. The highest BCUT2D eigenvalue weighted by atomic mass is 32.2. The highest BCUT2D eigenvalue weighted by molar-refractivity contribution is 7.92. The molecule has 2 unspecified atom stereocenters. The van der Waals surface area contributed by atoms with Crippen molar-refractivity contribution in [3.8, 4) is 57.5 Å². The van der Waals surface area contributed by atoms with E-state index in [1.54, 1.807) is 0 Å². The highest BCUT2D eigenvalue weighted by Gasteiger charge is 2.41. The zero-order valence-corrected chi connectivity index (χ0v) is 34.7. The Hall–Kier alpha value is -6.89. The van der Waals surface area contributed by atoms with Gasteiger partial charge in [0.25, 0.3) is 11.4 Å². The maximum absolute atomic E-state index is 15.6. The van der Waals surface area contributed by atoms with Crippen molar-refractivity contribution in [3.05, 3.63) is 103 Å². The Kier molecular flexibility index (Phi) is 14.8.